The van der Waals surface area contributed by atoms with Crippen molar-refractivity contribution in [2.24, 2.45) is 13.0 Å². The van der Waals surface area contributed by atoms with Gasteiger partial charge in [-0.15, -0.1) is 0 Å². The van der Waals surface area contributed by atoms with Crippen LogP contribution in [0.15, 0.2) is 27.9 Å². The lowest BCUT2D eigenvalue weighted by atomic mass is 10.1. The number of aryl methyl sites for hydroxylation is 2. The maximum absolute atomic E-state index is 13.2. The van der Waals surface area contributed by atoms with Crippen LogP contribution in [0.3, 0.4) is 0 Å². The third-order valence-electron chi connectivity index (χ3n) is 6.55. The molecule has 3 aromatic rings. The highest BCUT2D eigenvalue weighted by molar-refractivity contribution is 7.90. The quantitative estimate of drug-likeness (QED) is 0.407. The summed E-state index contributed by atoms with van der Waals surface area (Å²) in [6, 6.07) is 4.30. The Hall–Kier alpha value is -3.25. The molecule has 2 N–H and O–H groups in total. The third-order valence-corrected chi connectivity index (χ3v) is 7.90. The van der Waals surface area contributed by atoms with E-state index >= 15 is 0 Å². The number of rotatable bonds is 10. The average Bonchev–Trinajstić information content (AvgIpc) is 3.47. The van der Waals surface area contributed by atoms with Gasteiger partial charge in [0.2, 0.25) is 5.91 Å². The number of nitrogens with one attached hydrogen (secondary N) is 2. The SMILES string of the molecule is CCCOc1ccc(S(=O)(=O)NC(=O)C2CCN(CC)C2)cc1-c1nc2c(CCC)nn(C)c2c(=O)[nH]1. The van der Waals surface area contributed by atoms with E-state index < -0.39 is 15.9 Å². The van der Waals surface area contributed by atoms with Crippen molar-refractivity contribution >= 4 is 27.0 Å². The number of aromatic nitrogens is 4. The number of hydrogen-bond donors (Lipinski definition) is 2. The predicted molar refractivity (Wildman–Crippen MR) is 140 cm³/mol. The number of sulfonamides is 1. The zero-order valence-corrected chi connectivity index (χ0v) is 22.5. The molecule has 11 nitrogen and oxygen atoms in total. The highest BCUT2D eigenvalue weighted by atomic mass is 32.2. The molecule has 0 aliphatic carbocycles. The van der Waals surface area contributed by atoms with Gasteiger partial charge in [-0.1, -0.05) is 27.2 Å². The summed E-state index contributed by atoms with van der Waals surface area (Å²) < 4.78 is 36.0. The molecule has 37 heavy (non-hydrogen) atoms. The van der Waals surface area contributed by atoms with E-state index in [0.717, 1.165) is 25.9 Å². The summed E-state index contributed by atoms with van der Waals surface area (Å²) in [7, 11) is -2.48. The molecular weight excluding hydrogens is 496 g/mol. The van der Waals surface area contributed by atoms with E-state index in [-0.39, 0.29) is 22.2 Å². The number of benzene rings is 1. The third kappa shape index (κ3) is 5.54. The molecule has 0 saturated carbocycles. The van der Waals surface area contributed by atoms with Gasteiger partial charge in [-0.05, 0) is 50.6 Å². The van der Waals surface area contributed by atoms with Crippen LogP contribution in [0.4, 0.5) is 0 Å². The van der Waals surface area contributed by atoms with E-state index in [1.165, 1.54) is 22.9 Å². The van der Waals surface area contributed by atoms with E-state index in [2.05, 4.69) is 24.7 Å². The summed E-state index contributed by atoms with van der Waals surface area (Å²) in [6.07, 6.45) is 2.81. The summed E-state index contributed by atoms with van der Waals surface area (Å²) in [5.74, 6) is -0.350. The zero-order chi connectivity index (χ0) is 26.7. The first-order valence-corrected chi connectivity index (χ1v) is 14.2. The molecule has 12 heteroatoms. The fourth-order valence-electron chi connectivity index (χ4n) is 4.59. The Morgan fingerprint density at radius 1 is 1.24 bits per heavy atom. The van der Waals surface area contributed by atoms with Gasteiger partial charge in [0.05, 0.1) is 28.7 Å². The van der Waals surface area contributed by atoms with E-state index in [1.54, 1.807) is 7.05 Å². The first-order valence-electron chi connectivity index (χ1n) is 12.7. The number of carbonyl (C=O) groups is 1. The van der Waals surface area contributed by atoms with Gasteiger partial charge in [0, 0.05) is 13.6 Å². The zero-order valence-electron chi connectivity index (χ0n) is 21.7. The summed E-state index contributed by atoms with van der Waals surface area (Å²) in [4.78, 5) is 35.2. The maximum Gasteiger partial charge on any atom is 0.277 e. The van der Waals surface area contributed by atoms with Gasteiger partial charge in [-0.2, -0.15) is 5.10 Å². The van der Waals surface area contributed by atoms with Gasteiger partial charge >= 0.3 is 0 Å². The highest BCUT2D eigenvalue weighted by Crippen LogP contribution is 2.31. The number of hydrogen-bond acceptors (Lipinski definition) is 8. The average molecular weight is 531 g/mol. The largest absolute Gasteiger partial charge is 0.493 e. The van der Waals surface area contributed by atoms with Crippen LogP contribution in [0.5, 0.6) is 5.75 Å². The second-order valence-electron chi connectivity index (χ2n) is 9.29. The lowest BCUT2D eigenvalue weighted by molar-refractivity contribution is -0.122. The molecule has 0 spiro atoms. The molecule has 1 unspecified atom stereocenters. The van der Waals surface area contributed by atoms with Gasteiger partial charge in [0.25, 0.3) is 15.6 Å². The Labute approximate surface area is 216 Å². The number of ether oxygens (including phenoxy) is 1. The fraction of sp³-hybridized carbons (Fsp3) is 0.520. The van der Waals surface area contributed by atoms with Crippen molar-refractivity contribution in [3.63, 3.8) is 0 Å². The van der Waals surface area contributed by atoms with Crippen LogP contribution < -0.4 is 15.0 Å². The number of likely N-dealkylation sites (tertiary alicyclic amines) is 1. The number of H-pyrrole nitrogens is 1. The van der Waals surface area contributed by atoms with Crippen LogP contribution in [0.2, 0.25) is 0 Å². The lowest BCUT2D eigenvalue weighted by Crippen LogP contribution is -2.37. The molecule has 1 aromatic carbocycles. The lowest BCUT2D eigenvalue weighted by Gasteiger charge is -2.15. The van der Waals surface area contributed by atoms with Crippen molar-refractivity contribution in [2.45, 2.75) is 51.3 Å². The molecular formula is C25H34N6O5S. The van der Waals surface area contributed by atoms with Crippen LogP contribution in [0.25, 0.3) is 22.4 Å². The molecule has 1 aliphatic rings. The van der Waals surface area contributed by atoms with E-state index in [0.29, 0.717) is 54.0 Å². The van der Waals surface area contributed by atoms with E-state index in [4.69, 9.17) is 4.74 Å². The summed E-state index contributed by atoms with van der Waals surface area (Å²) in [5, 5.41) is 4.44. The van der Waals surface area contributed by atoms with E-state index in [1.807, 2.05) is 20.8 Å². The standard InChI is InChI=1S/C25H34N6O5S/c1-5-8-19-21-22(30(4)28-19)25(33)27-23(26-21)18-14-17(9-10-20(18)36-13-6-2)37(34,35)29-24(32)16-11-12-31(7-3)15-16/h9-10,14,16H,5-8,11-13,15H2,1-4H3,(H,29,32)(H,26,27,33). The number of fused-ring (bicyclic) bond motifs is 1. The fourth-order valence-corrected chi connectivity index (χ4v) is 5.66. The molecule has 1 aliphatic heterocycles. The minimum atomic E-state index is -4.16. The molecule has 4 rings (SSSR count). The molecule has 0 radical (unpaired) electrons. The molecule has 3 heterocycles. The Bertz CT molecular complexity index is 1460. The number of carbonyl (C=O) groups excluding carboxylic acids is 1. The minimum Gasteiger partial charge on any atom is -0.493 e. The van der Waals surface area contributed by atoms with Gasteiger partial charge in [0.15, 0.2) is 5.52 Å². The molecule has 1 saturated heterocycles. The van der Waals surface area contributed by atoms with Crippen LogP contribution in [0.1, 0.15) is 45.7 Å². The Kier molecular flexibility index (Phi) is 7.98. The van der Waals surface area contributed by atoms with Crippen LogP contribution in [-0.2, 0) is 28.3 Å². The Balaban J connectivity index is 1.75. The molecule has 1 fully saturated rings. The van der Waals surface area contributed by atoms with Crippen LogP contribution in [0, 0.1) is 5.92 Å². The summed E-state index contributed by atoms with van der Waals surface area (Å²) in [5.41, 5.74) is 1.43. The van der Waals surface area contributed by atoms with Crippen molar-refractivity contribution in [3.8, 4) is 17.1 Å². The highest BCUT2D eigenvalue weighted by Gasteiger charge is 2.31. The van der Waals surface area contributed by atoms with Crippen molar-refractivity contribution in [2.75, 3.05) is 26.2 Å². The maximum atomic E-state index is 13.2. The van der Waals surface area contributed by atoms with Crippen molar-refractivity contribution in [1.82, 2.24) is 29.4 Å². The van der Waals surface area contributed by atoms with Crippen LogP contribution in [-0.4, -0.2) is 65.2 Å². The topological polar surface area (TPSA) is 139 Å². The minimum absolute atomic E-state index is 0.118. The Morgan fingerprint density at radius 2 is 2.03 bits per heavy atom. The smallest absolute Gasteiger partial charge is 0.277 e. The summed E-state index contributed by atoms with van der Waals surface area (Å²) in [6.45, 7) is 8.47. The number of aromatic amines is 1. The van der Waals surface area contributed by atoms with Gasteiger partial charge in [-0.25, -0.2) is 18.1 Å². The van der Waals surface area contributed by atoms with Gasteiger partial charge in [-0.3, -0.25) is 14.3 Å². The molecule has 2 aromatic heterocycles. The predicted octanol–water partition coefficient (Wildman–Crippen LogP) is 2.21. The molecule has 200 valence electrons. The van der Waals surface area contributed by atoms with Gasteiger partial charge in [0.1, 0.15) is 17.1 Å². The molecule has 1 atom stereocenters. The first kappa shape index (κ1) is 26.8. The summed E-state index contributed by atoms with van der Waals surface area (Å²) >= 11 is 0. The van der Waals surface area contributed by atoms with Crippen molar-refractivity contribution < 1.29 is 17.9 Å². The number of nitrogens with zero attached hydrogens (tertiary/aromatic N) is 4. The molecule has 1 amide bonds. The molecule has 0 bridgehead atoms. The van der Waals surface area contributed by atoms with Crippen molar-refractivity contribution in [3.05, 3.63) is 34.2 Å². The van der Waals surface area contributed by atoms with Crippen LogP contribution >= 0.6 is 0 Å². The monoisotopic (exact) mass is 530 g/mol. The van der Waals surface area contributed by atoms with Crippen molar-refractivity contribution in [1.29, 1.82) is 0 Å². The Morgan fingerprint density at radius 3 is 2.70 bits per heavy atom. The van der Waals surface area contributed by atoms with Gasteiger partial charge < -0.3 is 14.6 Å². The number of amides is 1. The first-order chi connectivity index (χ1) is 17.7. The second-order valence-corrected chi connectivity index (χ2v) is 11.0. The van der Waals surface area contributed by atoms with E-state index in [9.17, 15) is 18.0 Å². The second kappa shape index (κ2) is 11.0. The normalized spacial score (nSPS) is 16.4.